The summed E-state index contributed by atoms with van der Waals surface area (Å²) < 4.78 is 4.54. The molecule has 1 atom stereocenters. The monoisotopic (exact) mass is 243 g/mol. The average Bonchev–Trinajstić information content (AvgIpc) is 2.66. The largest absolute Gasteiger partial charge is 0.481 e. The van der Waals surface area contributed by atoms with Crippen molar-refractivity contribution in [1.82, 2.24) is 5.32 Å². The third-order valence-corrected chi connectivity index (χ3v) is 3.09. The molecular formula is C11H17NO5. The molecule has 1 fully saturated rings. The van der Waals surface area contributed by atoms with Crippen LogP contribution < -0.4 is 5.32 Å². The summed E-state index contributed by atoms with van der Waals surface area (Å²) in [7, 11) is 1.31. The Hall–Kier alpha value is -1.59. The number of methoxy groups -OCH3 is 1. The minimum Gasteiger partial charge on any atom is -0.481 e. The molecule has 1 heterocycles. The average molecular weight is 243 g/mol. The van der Waals surface area contributed by atoms with E-state index in [0.717, 1.165) is 0 Å². The first-order valence-corrected chi connectivity index (χ1v) is 5.57. The number of aliphatic carboxylic acids is 1. The first-order chi connectivity index (χ1) is 7.97. The first kappa shape index (κ1) is 13.5. The van der Waals surface area contributed by atoms with Crippen LogP contribution in [0.1, 0.15) is 38.5 Å². The maximum atomic E-state index is 11.2. The topological polar surface area (TPSA) is 92.7 Å². The van der Waals surface area contributed by atoms with Crippen LogP contribution in [0.15, 0.2) is 0 Å². The Balaban J connectivity index is 2.56. The summed E-state index contributed by atoms with van der Waals surface area (Å²) in [4.78, 5) is 32.9. The molecule has 6 nitrogen and oxygen atoms in total. The molecule has 0 saturated carbocycles. The zero-order chi connectivity index (χ0) is 12.9. The summed E-state index contributed by atoms with van der Waals surface area (Å²) in [6.45, 7) is 0. The van der Waals surface area contributed by atoms with E-state index in [9.17, 15) is 14.4 Å². The third-order valence-electron chi connectivity index (χ3n) is 3.09. The highest BCUT2D eigenvalue weighted by Crippen LogP contribution is 2.30. The Labute approximate surface area is 99.3 Å². The minimum absolute atomic E-state index is 0.0124. The van der Waals surface area contributed by atoms with E-state index in [1.165, 1.54) is 7.11 Å². The van der Waals surface area contributed by atoms with Crippen molar-refractivity contribution in [3.63, 3.8) is 0 Å². The maximum absolute atomic E-state index is 11.2. The van der Waals surface area contributed by atoms with E-state index in [1.54, 1.807) is 0 Å². The maximum Gasteiger partial charge on any atom is 0.305 e. The van der Waals surface area contributed by atoms with Crippen molar-refractivity contribution in [1.29, 1.82) is 0 Å². The van der Waals surface area contributed by atoms with Gasteiger partial charge in [-0.1, -0.05) is 0 Å². The number of carboxylic acid groups (broad SMARTS) is 1. The molecule has 1 saturated heterocycles. The molecule has 0 aromatic carbocycles. The van der Waals surface area contributed by atoms with Crippen molar-refractivity contribution in [2.24, 2.45) is 0 Å². The highest BCUT2D eigenvalue weighted by Gasteiger charge is 2.37. The zero-order valence-corrected chi connectivity index (χ0v) is 9.82. The second-order valence-corrected chi connectivity index (χ2v) is 4.30. The molecule has 1 unspecified atom stereocenters. The van der Waals surface area contributed by atoms with Gasteiger partial charge >= 0.3 is 11.9 Å². The van der Waals surface area contributed by atoms with E-state index >= 15 is 0 Å². The van der Waals surface area contributed by atoms with Crippen LogP contribution in [-0.2, 0) is 19.1 Å². The number of carbonyl (C=O) groups is 3. The normalized spacial score (nSPS) is 23.2. The summed E-state index contributed by atoms with van der Waals surface area (Å²) >= 11 is 0. The lowest BCUT2D eigenvalue weighted by Crippen LogP contribution is -2.42. The fraction of sp³-hybridized carbons (Fsp3) is 0.727. The fourth-order valence-corrected chi connectivity index (χ4v) is 2.06. The number of carbonyl (C=O) groups excluding carboxylic acids is 2. The van der Waals surface area contributed by atoms with Crippen LogP contribution in [0, 0.1) is 0 Å². The molecule has 96 valence electrons. The van der Waals surface area contributed by atoms with Gasteiger partial charge in [-0.15, -0.1) is 0 Å². The second-order valence-electron chi connectivity index (χ2n) is 4.30. The quantitative estimate of drug-likeness (QED) is 0.661. The van der Waals surface area contributed by atoms with Crippen LogP contribution in [0.2, 0.25) is 0 Å². The van der Waals surface area contributed by atoms with Gasteiger partial charge in [0.05, 0.1) is 7.11 Å². The van der Waals surface area contributed by atoms with Gasteiger partial charge in [0.25, 0.3) is 0 Å². The van der Waals surface area contributed by atoms with Gasteiger partial charge in [-0.3, -0.25) is 14.4 Å². The summed E-state index contributed by atoms with van der Waals surface area (Å²) in [5.41, 5.74) is -0.552. The van der Waals surface area contributed by atoms with Gasteiger partial charge in [0, 0.05) is 24.8 Å². The summed E-state index contributed by atoms with van der Waals surface area (Å²) in [6.07, 6.45) is 1.93. The molecule has 0 spiro atoms. The van der Waals surface area contributed by atoms with Crippen molar-refractivity contribution in [3.8, 4) is 0 Å². The number of rotatable bonds is 6. The highest BCUT2D eigenvalue weighted by molar-refractivity contribution is 5.80. The van der Waals surface area contributed by atoms with E-state index in [1.807, 2.05) is 0 Å². The lowest BCUT2D eigenvalue weighted by molar-refractivity contribution is -0.141. The SMILES string of the molecule is COC(=O)CCC1(CCC(=O)O)CCC(=O)N1. The molecule has 1 aliphatic heterocycles. The Morgan fingerprint density at radius 3 is 2.53 bits per heavy atom. The summed E-state index contributed by atoms with van der Waals surface area (Å²) in [5, 5.41) is 11.5. The molecule has 2 N–H and O–H groups in total. The van der Waals surface area contributed by atoms with Gasteiger partial charge in [0.1, 0.15) is 0 Å². The van der Waals surface area contributed by atoms with Crippen molar-refractivity contribution in [3.05, 3.63) is 0 Å². The number of hydrogen-bond donors (Lipinski definition) is 2. The van der Waals surface area contributed by atoms with E-state index in [4.69, 9.17) is 5.11 Å². The number of esters is 1. The summed E-state index contributed by atoms with van der Waals surface area (Å²) in [6, 6.07) is 0. The van der Waals surface area contributed by atoms with Crippen LogP contribution in [0.3, 0.4) is 0 Å². The Bertz CT molecular complexity index is 328. The van der Waals surface area contributed by atoms with Crippen LogP contribution in [0.5, 0.6) is 0 Å². The first-order valence-electron chi connectivity index (χ1n) is 5.57. The van der Waals surface area contributed by atoms with E-state index in [0.29, 0.717) is 25.7 Å². The Morgan fingerprint density at radius 1 is 1.41 bits per heavy atom. The van der Waals surface area contributed by atoms with Crippen LogP contribution >= 0.6 is 0 Å². The highest BCUT2D eigenvalue weighted by atomic mass is 16.5. The minimum atomic E-state index is -0.899. The number of hydrogen-bond acceptors (Lipinski definition) is 4. The van der Waals surface area contributed by atoms with Crippen molar-refractivity contribution in [2.75, 3.05) is 7.11 Å². The lowest BCUT2D eigenvalue weighted by Gasteiger charge is -2.28. The molecular weight excluding hydrogens is 226 g/mol. The number of ether oxygens (including phenoxy) is 1. The zero-order valence-electron chi connectivity index (χ0n) is 9.82. The van der Waals surface area contributed by atoms with Crippen LogP contribution in [0.25, 0.3) is 0 Å². The van der Waals surface area contributed by atoms with E-state index < -0.39 is 11.5 Å². The smallest absolute Gasteiger partial charge is 0.305 e. The molecule has 0 aliphatic carbocycles. The van der Waals surface area contributed by atoms with E-state index in [2.05, 4.69) is 10.1 Å². The van der Waals surface area contributed by atoms with Gasteiger partial charge < -0.3 is 15.2 Å². The van der Waals surface area contributed by atoms with Crippen LogP contribution in [-0.4, -0.2) is 35.6 Å². The third kappa shape index (κ3) is 4.05. The second kappa shape index (κ2) is 5.65. The number of nitrogens with one attached hydrogen (secondary N) is 1. The molecule has 0 bridgehead atoms. The van der Waals surface area contributed by atoms with Gasteiger partial charge in [0.2, 0.25) is 5.91 Å². The molecule has 1 aliphatic rings. The molecule has 1 rings (SSSR count). The molecule has 0 radical (unpaired) electrons. The predicted octanol–water partition coefficient (Wildman–Crippen LogP) is 0.453. The lowest BCUT2D eigenvalue weighted by atomic mass is 9.87. The summed E-state index contributed by atoms with van der Waals surface area (Å²) in [5.74, 6) is -1.33. The van der Waals surface area contributed by atoms with Crippen molar-refractivity contribution in [2.45, 2.75) is 44.1 Å². The Kier molecular flexibility index (Phi) is 4.48. The molecule has 0 aromatic rings. The van der Waals surface area contributed by atoms with Gasteiger partial charge in [-0.2, -0.15) is 0 Å². The number of carboxylic acids is 1. The number of amides is 1. The van der Waals surface area contributed by atoms with Crippen molar-refractivity contribution < 1.29 is 24.2 Å². The fourth-order valence-electron chi connectivity index (χ4n) is 2.06. The molecule has 6 heteroatoms. The molecule has 17 heavy (non-hydrogen) atoms. The predicted molar refractivity (Wildman–Crippen MR) is 58.2 cm³/mol. The molecule has 1 amide bonds. The van der Waals surface area contributed by atoms with Gasteiger partial charge in [0.15, 0.2) is 0 Å². The van der Waals surface area contributed by atoms with Gasteiger partial charge in [-0.05, 0) is 19.3 Å². The van der Waals surface area contributed by atoms with Gasteiger partial charge in [-0.25, -0.2) is 0 Å². The van der Waals surface area contributed by atoms with Crippen molar-refractivity contribution >= 4 is 17.8 Å². The standard InChI is InChI=1S/C11H17NO5/c1-17-10(16)4-7-11(6-3-9(14)15)5-2-8(13)12-11/h2-7H2,1H3,(H,12,13)(H,14,15). The van der Waals surface area contributed by atoms with Crippen LogP contribution in [0.4, 0.5) is 0 Å². The van der Waals surface area contributed by atoms with E-state index in [-0.39, 0.29) is 24.7 Å². The molecule has 0 aromatic heterocycles. The Morgan fingerprint density at radius 2 is 2.06 bits per heavy atom.